The molecule has 152 valence electrons. The smallest absolute Gasteiger partial charge is 0.251 e. The molecule has 0 radical (unpaired) electrons. The third-order valence-corrected chi connectivity index (χ3v) is 5.38. The predicted molar refractivity (Wildman–Crippen MR) is 104 cm³/mol. The summed E-state index contributed by atoms with van der Waals surface area (Å²) in [6, 6.07) is 11.2. The molecule has 0 aromatic heterocycles. The number of hydrogen-bond acceptors (Lipinski definition) is 6. The number of hydrogen-bond donors (Lipinski definition) is 2. The summed E-state index contributed by atoms with van der Waals surface area (Å²) in [4.78, 5) is 12.5. The third-order valence-electron chi connectivity index (χ3n) is 3.90. The van der Waals surface area contributed by atoms with Crippen molar-refractivity contribution >= 4 is 15.9 Å². The second-order valence-corrected chi connectivity index (χ2v) is 7.59. The van der Waals surface area contributed by atoms with Crippen LogP contribution in [0.25, 0.3) is 0 Å². The lowest BCUT2D eigenvalue weighted by Crippen LogP contribution is -2.27. The minimum atomic E-state index is -3.58. The molecule has 0 saturated heterocycles. The molecule has 2 aromatic rings. The van der Waals surface area contributed by atoms with Gasteiger partial charge in [0, 0.05) is 31.8 Å². The maximum Gasteiger partial charge on any atom is 0.251 e. The van der Waals surface area contributed by atoms with Crippen LogP contribution in [-0.4, -0.2) is 48.8 Å². The molecule has 8 nitrogen and oxygen atoms in total. The highest BCUT2D eigenvalue weighted by molar-refractivity contribution is 7.89. The van der Waals surface area contributed by atoms with Gasteiger partial charge in [0.2, 0.25) is 10.0 Å². The first kappa shape index (κ1) is 21.7. The summed E-state index contributed by atoms with van der Waals surface area (Å²) >= 11 is 0. The van der Waals surface area contributed by atoms with Crippen molar-refractivity contribution in [2.75, 3.05) is 34.5 Å². The minimum absolute atomic E-state index is 0.149. The summed E-state index contributed by atoms with van der Waals surface area (Å²) in [5.74, 6) is 0.732. The monoisotopic (exact) mass is 408 g/mol. The van der Waals surface area contributed by atoms with Crippen molar-refractivity contribution in [3.63, 3.8) is 0 Å². The molecule has 1 amide bonds. The van der Waals surface area contributed by atoms with Gasteiger partial charge in [-0.25, -0.2) is 13.1 Å². The van der Waals surface area contributed by atoms with Gasteiger partial charge in [-0.1, -0.05) is 12.1 Å². The van der Waals surface area contributed by atoms with E-state index in [1.807, 2.05) is 0 Å². The maximum absolute atomic E-state index is 12.4. The number of rotatable bonds is 10. The molecular weight excluding hydrogens is 384 g/mol. The van der Waals surface area contributed by atoms with E-state index in [0.717, 1.165) is 5.56 Å². The van der Waals surface area contributed by atoms with E-state index in [0.29, 0.717) is 23.7 Å². The molecule has 0 aliphatic carbocycles. The number of carbonyl (C=O) groups is 1. The van der Waals surface area contributed by atoms with Gasteiger partial charge in [-0.3, -0.25) is 4.79 Å². The van der Waals surface area contributed by atoms with Crippen LogP contribution in [-0.2, 0) is 21.3 Å². The lowest BCUT2D eigenvalue weighted by Gasteiger charge is -2.10. The van der Waals surface area contributed by atoms with Gasteiger partial charge in [0.05, 0.1) is 25.7 Å². The second kappa shape index (κ2) is 10.1. The van der Waals surface area contributed by atoms with Gasteiger partial charge >= 0.3 is 0 Å². The van der Waals surface area contributed by atoms with Gasteiger partial charge in [-0.2, -0.15) is 0 Å². The van der Waals surface area contributed by atoms with Crippen LogP contribution in [0, 0.1) is 0 Å². The van der Waals surface area contributed by atoms with Crippen LogP contribution >= 0.6 is 0 Å². The van der Waals surface area contributed by atoms with Crippen molar-refractivity contribution in [3.05, 3.63) is 53.6 Å². The minimum Gasteiger partial charge on any atom is -0.497 e. The quantitative estimate of drug-likeness (QED) is 0.579. The molecule has 0 heterocycles. The number of sulfonamides is 1. The Morgan fingerprint density at radius 2 is 1.57 bits per heavy atom. The van der Waals surface area contributed by atoms with E-state index in [9.17, 15) is 13.2 Å². The summed E-state index contributed by atoms with van der Waals surface area (Å²) < 4.78 is 41.9. The highest BCUT2D eigenvalue weighted by Crippen LogP contribution is 2.22. The first-order chi connectivity index (χ1) is 13.4. The lowest BCUT2D eigenvalue weighted by molar-refractivity contribution is 0.0950. The van der Waals surface area contributed by atoms with Gasteiger partial charge < -0.3 is 19.5 Å². The molecule has 2 aromatic carbocycles. The van der Waals surface area contributed by atoms with Gasteiger partial charge in [-0.05, 0) is 29.8 Å². The Morgan fingerprint density at radius 1 is 0.964 bits per heavy atom. The Balaban J connectivity index is 2.00. The normalized spacial score (nSPS) is 11.1. The number of ether oxygens (including phenoxy) is 3. The fourth-order valence-electron chi connectivity index (χ4n) is 2.37. The van der Waals surface area contributed by atoms with Crippen LogP contribution in [0.4, 0.5) is 0 Å². The molecule has 28 heavy (non-hydrogen) atoms. The summed E-state index contributed by atoms with van der Waals surface area (Å²) in [7, 11) is 0.935. The molecule has 0 atom stereocenters. The number of amides is 1. The Morgan fingerprint density at radius 3 is 2.11 bits per heavy atom. The lowest BCUT2D eigenvalue weighted by atomic mass is 10.1. The van der Waals surface area contributed by atoms with Crippen molar-refractivity contribution in [2.45, 2.75) is 11.4 Å². The Kier molecular flexibility index (Phi) is 7.80. The van der Waals surface area contributed by atoms with Crippen LogP contribution in [0.5, 0.6) is 11.5 Å². The Hall–Kier alpha value is -2.62. The fraction of sp³-hybridized carbons (Fsp3) is 0.316. The zero-order chi connectivity index (χ0) is 20.6. The third kappa shape index (κ3) is 5.95. The van der Waals surface area contributed by atoms with Gasteiger partial charge in [0.1, 0.15) is 11.5 Å². The molecule has 0 saturated carbocycles. The molecule has 0 unspecified atom stereocenters. The largest absolute Gasteiger partial charge is 0.497 e. The van der Waals surface area contributed by atoms with Gasteiger partial charge in [-0.15, -0.1) is 0 Å². The van der Waals surface area contributed by atoms with Crippen molar-refractivity contribution in [1.82, 2.24) is 10.0 Å². The SMILES string of the molecule is COCCNS(=O)(=O)c1ccc(CNC(=O)c2cc(OC)cc(OC)c2)cc1. The van der Waals surface area contributed by atoms with Gasteiger partial charge in [0.25, 0.3) is 5.91 Å². The van der Waals surface area contributed by atoms with Crippen LogP contribution in [0.2, 0.25) is 0 Å². The highest BCUT2D eigenvalue weighted by Gasteiger charge is 2.13. The molecule has 0 aliphatic rings. The van der Waals surface area contributed by atoms with E-state index in [2.05, 4.69) is 10.0 Å². The molecule has 0 fully saturated rings. The van der Waals surface area contributed by atoms with Crippen LogP contribution in [0.15, 0.2) is 47.4 Å². The van der Waals surface area contributed by atoms with E-state index in [1.165, 1.54) is 33.5 Å². The second-order valence-electron chi connectivity index (χ2n) is 5.82. The van der Waals surface area contributed by atoms with Crippen molar-refractivity contribution in [2.24, 2.45) is 0 Å². The maximum atomic E-state index is 12.4. The summed E-state index contributed by atoms with van der Waals surface area (Å²) in [5.41, 5.74) is 1.16. The predicted octanol–water partition coefficient (Wildman–Crippen LogP) is 1.56. The van der Waals surface area contributed by atoms with Crippen LogP contribution in [0.1, 0.15) is 15.9 Å². The average Bonchev–Trinajstić information content (AvgIpc) is 2.71. The Labute approximate surface area is 164 Å². The molecule has 9 heteroatoms. The van der Waals surface area contributed by atoms with E-state index >= 15 is 0 Å². The van der Waals surface area contributed by atoms with Crippen molar-refractivity contribution in [1.29, 1.82) is 0 Å². The first-order valence-corrected chi connectivity index (χ1v) is 9.96. The first-order valence-electron chi connectivity index (χ1n) is 8.48. The number of carbonyl (C=O) groups excluding carboxylic acids is 1. The number of benzene rings is 2. The Bertz CT molecular complexity index is 875. The molecule has 0 bridgehead atoms. The van der Waals surface area contributed by atoms with E-state index < -0.39 is 10.0 Å². The molecule has 0 spiro atoms. The fourth-order valence-corrected chi connectivity index (χ4v) is 3.38. The number of nitrogens with one attached hydrogen (secondary N) is 2. The van der Waals surface area contributed by atoms with Crippen LogP contribution in [0.3, 0.4) is 0 Å². The standard InChI is InChI=1S/C19H24N2O6S/c1-25-9-8-21-28(23,24)18-6-4-14(5-7-18)13-20-19(22)15-10-16(26-2)12-17(11-15)27-3/h4-7,10-12,21H,8-9,13H2,1-3H3,(H,20,22). The van der Waals surface area contributed by atoms with Crippen molar-refractivity contribution < 1.29 is 27.4 Å². The molecule has 2 rings (SSSR count). The van der Waals surface area contributed by atoms with E-state index in [1.54, 1.807) is 30.3 Å². The van der Waals surface area contributed by atoms with E-state index in [-0.39, 0.29) is 23.9 Å². The van der Waals surface area contributed by atoms with Gasteiger partial charge in [0.15, 0.2) is 0 Å². The topological polar surface area (TPSA) is 103 Å². The molecular formula is C19H24N2O6S. The summed E-state index contributed by atoms with van der Waals surface area (Å²) in [6.45, 7) is 0.731. The van der Waals surface area contributed by atoms with Crippen LogP contribution < -0.4 is 19.5 Å². The zero-order valence-electron chi connectivity index (χ0n) is 16.0. The molecule has 0 aliphatic heterocycles. The van der Waals surface area contributed by atoms with E-state index in [4.69, 9.17) is 14.2 Å². The van der Waals surface area contributed by atoms with Crippen molar-refractivity contribution in [3.8, 4) is 11.5 Å². The molecule has 2 N–H and O–H groups in total. The summed E-state index contributed by atoms with van der Waals surface area (Å²) in [6.07, 6.45) is 0. The average molecular weight is 408 g/mol. The number of methoxy groups -OCH3 is 3. The zero-order valence-corrected chi connectivity index (χ0v) is 16.8. The highest BCUT2D eigenvalue weighted by atomic mass is 32.2. The summed E-state index contributed by atoms with van der Waals surface area (Å²) in [5, 5.41) is 2.79.